The van der Waals surface area contributed by atoms with Crippen molar-refractivity contribution in [2.45, 2.75) is 31.7 Å². The molecule has 1 amide bonds. The zero-order valence-corrected chi connectivity index (χ0v) is 16.1. The molecule has 0 bridgehead atoms. The number of nitrogens with zero attached hydrogens (tertiary/aromatic N) is 1. The van der Waals surface area contributed by atoms with Crippen LogP contribution in [0.4, 0.5) is 4.39 Å². The molecule has 3 nitrogen and oxygen atoms in total. The van der Waals surface area contributed by atoms with Gasteiger partial charge in [0, 0.05) is 26.1 Å². The highest BCUT2D eigenvalue weighted by atomic mass is 35.5. The van der Waals surface area contributed by atoms with Crippen molar-refractivity contribution >= 4 is 18.3 Å². The van der Waals surface area contributed by atoms with E-state index >= 15 is 0 Å². The van der Waals surface area contributed by atoms with Crippen LogP contribution in [0.1, 0.15) is 37.4 Å². The van der Waals surface area contributed by atoms with Gasteiger partial charge < -0.3 is 10.2 Å². The summed E-state index contributed by atoms with van der Waals surface area (Å²) in [6.07, 6.45) is 0.433. The zero-order chi connectivity index (χ0) is 17.9. The second-order valence-electron chi connectivity index (χ2n) is 7.29. The van der Waals surface area contributed by atoms with E-state index in [9.17, 15) is 9.18 Å². The molecule has 0 aromatic heterocycles. The molecule has 3 rings (SSSR count). The van der Waals surface area contributed by atoms with E-state index in [0.29, 0.717) is 19.5 Å². The number of hydrogen-bond donors (Lipinski definition) is 1. The number of nitrogens with one attached hydrogen (secondary N) is 1. The highest BCUT2D eigenvalue weighted by Gasteiger charge is 2.32. The molecule has 0 aliphatic carbocycles. The first-order chi connectivity index (χ1) is 12.0. The fraction of sp³-hybridized carbons (Fsp3) is 0.381. The van der Waals surface area contributed by atoms with Gasteiger partial charge in [-0.2, -0.15) is 0 Å². The van der Waals surface area contributed by atoms with E-state index in [0.717, 1.165) is 17.7 Å². The van der Waals surface area contributed by atoms with E-state index < -0.39 is 0 Å². The second-order valence-corrected chi connectivity index (χ2v) is 7.29. The molecule has 2 aromatic rings. The van der Waals surface area contributed by atoms with Crippen molar-refractivity contribution in [1.29, 1.82) is 0 Å². The van der Waals surface area contributed by atoms with Crippen molar-refractivity contribution in [3.05, 3.63) is 71.5 Å². The summed E-state index contributed by atoms with van der Waals surface area (Å²) in [6, 6.07) is 16.6. The van der Waals surface area contributed by atoms with Crippen LogP contribution in [0.2, 0.25) is 0 Å². The van der Waals surface area contributed by atoms with Gasteiger partial charge in [0.25, 0.3) is 0 Å². The normalized spacial score (nSPS) is 17.5. The van der Waals surface area contributed by atoms with Crippen LogP contribution in [0, 0.1) is 5.82 Å². The highest BCUT2D eigenvalue weighted by Crippen LogP contribution is 2.30. The average Bonchev–Trinajstić information content (AvgIpc) is 2.62. The van der Waals surface area contributed by atoms with Crippen molar-refractivity contribution in [2.24, 2.45) is 0 Å². The molecule has 1 saturated heterocycles. The van der Waals surface area contributed by atoms with E-state index in [4.69, 9.17) is 0 Å². The molecule has 0 radical (unpaired) electrons. The van der Waals surface area contributed by atoms with Crippen molar-refractivity contribution < 1.29 is 9.18 Å². The van der Waals surface area contributed by atoms with E-state index in [1.807, 2.05) is 29.2 Å². The number of piperazine rings is 1. The first kappa shape index (κ1) is 20.4. The largest absolute Gasteiger partial charge is 0.333 e. The summed E-state index contributed by atoms with van der Waals surface area (Å²) in [5, 5.41) is 3.32. The summed E-state index contributed by atoms with van der Waals surface area (Å²) in [5.41, 5.74) is 1.76. The van der Waals surface area contributed by atoms with Crippen molar-refractivity contribution in [2.75, 3.05) is 19.6 Å². The lowest BCUT2D eigenvalue weighted by molar-refractivity contribution is -0.135. The maximum Gasteiger partial charge on any atom is 0.224 e. The minimum atomic E-state index is -0.264. The summed E-state index contributed by atoms with van der Waals surface area (Å²) in [6.45, 7) is 6.26. The lowest BCUT2D eigenvalue weighted by Gasteiger charge is -2.38. The Morgan fingerprint density at radius 1 is 1.19 bits per heavy atom. The lowest BCUT2D eigenvalue weighted by Crippen LogP contribution is -2.49. The van der Waals surface area contributed by atoms with Crippen LogP contribution in [-0.4, -0.2) is 30.4 Å². The maximum atomic E-state index is 13.6. The Labute approximate surface area is 161 Å². The maximum absolute atomic E-state index is 13.6. The Morgan fingerprint density at radius 2 is 1.92 bits per heavy atom. The summed E-state index contributed by atoms with van der Waals surface area (Å²) in [7, 11) is 0. The SMILES string of the molecule is CC(C)(CC(=O)N1CCNCC1c1cccc(F)c1)c1ccccc1.Cl. The molecule has 0 saturated carbocycles. The number of amides is 1. The van der Waals surface area contributed by atoms with Gasteiger partial charge in [0.1, 0.15) is 5.82 Å². The van der Waals surface area contributed by atoms with Crippen LogP contribution in [-0.2, 0) is 10.2 Å². The Morgan fingerprint density at radius 3 is 2.62 bits per heavy atom. The molecule has 2 aromatic carbocycles. The molecular formula is C21H26ClFN2O. The smallest absolute Gasteiger partial charge is 0.224 e. The molecule has 1 N–H and O–H groups in total. The van der Waals surface area contributed by atoms with Gasteiger partial charge in [0.15, 0.2) is 0 Å². The quantitative estimate of drug-likeness (QED) is 0.871. The standard InChI is InChI=1S/C21H25FN2O.ClH/c1-21(2,17-8-4-3-5-9-17)14-20(25)24-12-11-23-15-19(24)16-7-6-10-18(22)13-16;/h3-10,13,19,23H,11-12,14-15H2,1-2H3;1H. The van der Waals surface area contributed by atoms with Gasteiger partial charge in [0.2, 0.25) is 5.91 Å². The topological polar surface area (TPSA) is 32.3 Å². The van der Waals surface area contributed by atoms with Crippen molar-refractivity contribution in [3.8, 4) is 0 Å². The Bertz CT molecular complexity index is 736. The predicted octanol–water partition coefficient (Wildman–Crippen LogP) is 4.09. The molecule has 1 aliphatic rings. The molecule has 1 atom stereocenters. The van der Waals surface area contributed by atoms with Crippen LogP contribution >= 0.6 is 12.4 Å². The third-order valence-corrected chi connectivity index (χ3v) is 4.95. The summed E-state index contributed by atoms with van der Waals surface area (Å²) in [5.74, 6) is -0.148. The fourth-order valence-electron chi connectivity index (χ4n) is 3.49. The van der Waals surface area contributed by atoms with Crippen LogP contribution < -0.4 is 5.32 Å². The van der Waals surface area contributed by atoms with Crippen molar-refractivity contribution in [1.82, 2.24) is 10.2 Å². The van der Waals surface area contributed by atoms with E-state index in [-0.39, 0.29) is 35.6 Å². The van der Waals surface area contributed by atoms with Gasteiger partial charge in [-0.15, -0.1) is 12.4 Å². The van der Waals surface area contributed by atoms with E-state index in [1.165, 1.54) is 12.1 Å². The lowest BCUT2D eigenvalue weighted by atomic mass is 9.81. The van der Waals surface area contributed by atoms with E-state index in [2.05, 4.69) is 31.3 Å². The number of hydrogen-bond acceptors (Lipinski definition) is 2. The highest BCUT2D eigenvalue weighted by molar-refractivity contribution is 5.85. The Kier molecular flexibility index (Phi) is 6.79. The van der Waals surface area contributed by atoms with Gasteiger partial charge in [-0.3, -0.25) is 4.79 Å². The Hall–Kier alpha value is -1.91. The number of carbonyl (C=O) groups is 1. The van der Waals surface area contributed by atoms with Gasteiger partial charge >= 0.3 is 0 Å². The average molecular weight is 377 g/mol. The molecule has 140 valence electrons. The number of rotatable bonds is 4. The third-order valence-electron chi connectivity index (χ3n) is 4.95. The number of benzene rings is 2. The molecule has 5 heteroatoms. The minimum absolute atomic E-state index is 0. The van der Waals surface area contributed by atoms with Crippen LogP contribution in [0.5, 0.6) is 0 Å². The third kappa shape index (κ3) is 4.63. The second kappa shape index (κ2) is 8.65. The summed E-state index contributed by atoms with van der Waals surface area (Å²) >= 11 is 0. The molecule has 1 unspecified atom stereocenters. The van der Waals surface area contributed by atoms with Crippen LogP contribution in [0.15, 0.2) is 54.6 Å². The molecule has 1 aliphatic heterocycles. The molecule has 1 heterocycles. The molecule has 1 fully saturated rings. The van der Waals surface area contributed by atoms with Crippen LogP contribution in [0.3, 0.4) is 0 Å². The van der Waals surface area contributed by atoms with Crippen molar-refractivity contribution in [3.63, 3.8) is 0 Å². The van der Waals surface area contributed by atoms with E-state index in [1.54, 1.807) is 6.07 Å². The minimum Gasteiger partial charge on any atom is -0.333 e. The molecule has 26 heavy (non-hydrogen) atoms. The van der Waals surface area contributed by atoms with Gasteiger partial charge in [-0.25, -0.2) is 4.39 Å². The van der Waals surface area contributed by atoms with Gasteiger partial charge in [-0.05, 0) is 28.7 Å². The summed E-state index contributed by atoms with van der Waals surface area (Å²) < 4.78 is 13.6. The first-order valence-corrected chi connectivity index (χ1v) is 8.78. The molecular weight excluding hydrogens is 351 g/mol. The Balaban J connectivity index is 0.00000243. The zero-order valence-electron chi connectivity index (χ0n) is 15.2. The number of halogens is 2. The fourth-order valence-corrected chi connectivity index (χ4v) is 3.49. The first-order valence-electron chi connectivity index (χ1n) is 8.78. The monoisotopic (exact) mass is 376 g/mol. The van der Waals surface area contributed by atoms with Gasteiger partial charge in [0.05, 0.1) is 6.04 Å². The predicted molar refractivity (Wildman–Crippen MR) is 105 cm³/mol. The summed E-state index contributed by atoms with van der Waals surface area (Å²) in [4.78, 5) is 15.0. The van der Waals surface area contributed by atoms with Crippen LogP contribution in [0.25, 0.3) is 0 Å². The number of carbonyl (C=O) groups excluding carboxylic acids is 1. The molecule has 0 spiro atoms. The van der Waals surface area contributed by atoms with Gasteiger partial charge in [-0.1, -0.05) is 56.3 Å².